The van der Waals surface area contributed by atoms with E-state index in [-0.39, 0.29) is 17.9 Å². The molecule has 8 heteroatoms. The van der Waals surface area contributed by atoms with Gasteiger partial charge in [0.15, 0.2) is 11.5 Å². The van der Waals surface area contributed by atoms with Gasteiger partial charge in [0.25, 0.3) is 0 Å². The Morgan fingerprint density at radius 3 is 2.41 bits per heavy atom. The highest BCUT2D eigenvalue weighted by molar-refractivity contribution is 6.04. The lowest BCUT2D eigenvalue weighted by atomic mass is 9.92. The van der Waals surface area contributed by atoms with Gasteiger partial charge in [0.1, 0.15) is 12.4 Å². The zero-order chi connectivity index (χ0) is 24.1. The van der Waals surface area contributed by atoms with Crippen LogP contribution in [0.2, 0.25) is 0 Å². The number of para-hydroxylation sites is 1. The van der Waals surface area contributed by atoms with Crippen LogP contribution < -0.4 is 20.1 Å². The summed E-state index contributed by atoms with van der Waals surface area (Å²) in [5.74, 6) is -0.392. The third-order valence-corrected chi connectivity index (χ3v) is 5.41. The van der Waals surface area contributed by atoms with Crippen LogP contribution in [0.5, 0.6) is 11.5 Å². The van der Waals surface area contributed by atoms with Crippen molar-refractivity contribution in [3.8, 4) is 11.5 Å². The molecule has 1 aliphatic heterocycles. The van der Waals surface area contributed by atoms with E-state index in [4.69, 9.17) is 14.2 Å². The normalized spacial score (nSPS) is 15.3. The maximum atomic E-state index is 14.2. The Morgan fingerprint density at radius 1 is 0.971 bits per heavy atom. The van der Waals surface area contributed by atoms with E-state index in [9.17, 15) is 14.0 Å². The number of hydrogen-bond acceptors (Lipinski definition) is 5. The molecular weight excluding hydrogens is 439 g/mol. The van der Waals surface area contributed by atoms with Gasteiger partial charge in [-0.1, -0.05) is 60.7 Å². The van der Waals surface area contributed by atoms with Crippen molar-refractivity contribution in [3.63, 3.8) is 0 Å². The molecule has 1 unspecified atom stereocenters. The van der Waals surface area contributed by atoms with Crippen LogP contribution in [0.1, 0.15) is 22.7 Å². The summed E-state index contributed by atoms with van der Waals surface area (Å²) in [7, 11) is 2.75. The molecule has 34 heavy (non-hydrogen) atoms. The van der Waals surface area contributed by atoms with E-state index in [2.05, 4.69) is 10.6 Å². The van der Waals surface area contributed by atoms with E-state index < -0.39 is 23.9 Å². The Labute approximate surface area is 196 Å². The number of carbonyl (C=O) groups is 2. The van der Waals surface area contributed by atoms with Gasteiger partial charge in [-0.3, -0.25) is 0 Å². The lowest BCUT2D eigenvalue weighted by Gasteiger charge is -2.30. The second-order valence-corrected chi connectivity index (χ2v) is 7.44. The summed E-state index contributed by atoms with van der Waals surface area (Å²) in [5, 5.41) is 5.50. The van der Waals surface area contributed by atoms with Crippen LogP contribution in [0.25, 0.3) is 5.70 Å². The molecule has 1 atom stereocenters. The van der Waals surface area contributed by atoms with Gasteiger partial charge in [-0.05, 0) is 17.7 Å². The van der Waals surface area contributed by atoms with E-state index >= 15 is 0 Å². The average molecular weight is 462 g/mol. The molecule has 7 nitrogen and oxygen atoms in total. The van der Waals surface area contributed by atoms with E-state index in [1.807, 2.05) is 6.07 Å². The number of hydrogen-bond donors (Lipinski definition) is 2. The fourth-order valence-corrected chi connectivity index (χ4v) is 3.80. The maximum Gasteiger partial charge on any atom is 0.338 e. The summed E-state index contributed by atoms with van der Waals surface area (Å²) in [6, 6.07) is 19.0. The highest BCUT2D eigenvalue weighted by Crippen LogP contribution is 2.41. The molecule has 0 spiro atoms. The Bertz CT molecular complexity index is 1240. The molecule has 2 amide bonds. The average Bonchev–Trinajstić information content (AvgIpc) is 2.87. The van der Waals surface area contributed by atoms with Crippen molar-refractivity contribution >= 4 is 17.7 Å². The number of ether oxygens (including phenoxy) is 3. The lowest BCUT2D eigenvalue weighted by molar-refractivity contribution is -0.136. The number of benzene rings is 3. The van der Waals surface area contributed by atoms with Gasteiger partial charge in [-0.25, -0.2) is 14.0 Å². The largest absolute Gasteiger partial charge is 0.493 e. The molecule has 3 aromatic rings. The third kappa shape index (κ3) is 4.56. The molecule has 4 rings (SSSR count). The van der Waals surface area contributed by atoms with Crippen molar-refractivity contribution < 1.29 is 28.2 Å². The number of urea groups is 1. The summed E-state index contributed by atoms with van der Waals surface area (Å²) in [4.78, 5) is 25.6. The lowest BCUT2D eigenvalue weighted by Crippen LogP contribution is -2.45. The first kappa shape index (κ1) is 22.8. The van der Waals surface area contributed by atoms with Crippen LogP contribution in [0.15, 0.2) is 78.4 Å². The minimum Gasteiger partial charge on any atom is -0.493 e. The highest BCUT2D eigenvalue weighted by Gasteiger charge is 2.36. The predicted octanol–water partition coefficient (Wildman–Crippen LogP) is 4.35. The highest BCUT2D eigenvalue weighted by atomic mass is 19.1. The summed E-state index contributed by atoms with van der Waals surface area (Å²) in [6.07, 6.45) is 0. The summed E-state index contributed by atoms with van der Waals surface area (Å²) in [5.41, 5.74) is 1.96. The summed E-state index contributed by atoms with van der Waals surface area (Å²) in [6.45, 7) is -0.0816. The number of esters is 1. The van der Waals surface area contributed by atoms with E-state index in [1.165, 1.54) is 20.3 Å². The number of rotatable bonds is 7. The molecule has 1 heterocycles. The van der Waals surface area contributed by atoms with Gasteiger partial charge in [0.05, 0.1) is 31.5 Å². The van der Waals surface area contributed by atoms with Crippen molar-refractivity contribution in [1.82, 2.24) is 10.6 Å². The second kappa shape index (κ2) is 10.1. The van der Waals surface area contributed by atoms with Gasteiger partial charge in [0.2, 0.25) is 0 Å². The molecular formula is C26H23FN2O5. The van der Waals surface area contributed by atoms with Crippen molar-refractivity contribution in [2.24, 2.45) is 0 Å². The fraction of sp³-hybridized carbons (Fsp3) is 0.154. The van der Waals surface area contributed by atoms with Crippen LogP contribution >= 0.6 is 0 Å². The summed E-state index contributed by atoms with van der Waals surface area (Å²) >= 11 is 0. The molecule has 0 bridgehead atoms. The smallest absolute Gasteiger partial charge is 0.338 e. The Balaban J connectivity index is 1.84. The van der Waals surface area contributed by atoms with Gasteiger partial charge in [-0.2, -0.15) is 0 Å². The molecule has 0 aliphatic carbocycles. The topological polar surface area (TPSA) is 85.9 Å². The first-order chi connectivity index (χ1) is 16.5. The van der Waals surface area contributed by atoms with Gasteiger partial charge >= 0.3 is 12.0 Å². The fourth-order valence-electron chi connectivity index (χ4n) is 3.80. The van der Waals surface area contributed by atoms with Crippen molar-refractivity contribution in [2.45, 2.75) is 12.6 Å². The zero-order valence-corrected chi connectivity index (χ0v) is 18.6. The van der Waals surface area contributed by atoms with E-state index in [0.717, 1.165) is 0 Å². The van der Waals surface area contributed by atoms with Gasteiger partial charge in [-0.15, -0.1) is 0 Å². The number of halogens is 1. The first-order valence-electron chi connectivity index (χ1n) is 10.5. The second-order valence-electron chi connectivity index (χ2n) is 7.44. The van der Waals surface area contributed by atoms with Crippen LogP contribution in [-0.2, 0) is 16.1 Å². The molecule has 0 fully saturated rings. The zero-order valence-electron chi connectivity index (χ0n) is 18.6. The summed E-state index contributed by atoms with van der Waals surface area (Å²) < 4.78 is 30.7. The Kier molecular flexibility index (Phi) is 6.77. The third-order valence-electron chi connectivity index (χ3n) is 5.41. The molecule has 0 saturated heterocycles. The molecule has 0 saturated carbocycles. The van der Waals surface area contributed by atoms with Crippen LogP contribution in [0, 0.1) is 5.82 Å². The quantitative estimate of drug-likeness (QED) is 0.510. The van der Waals surface area contributed by atoms with Crippen molar-refractivity contribution in [2.75, 3.05) is 14.2 Å². The minimum absolute atomic E-state index is 0.0816. The van der Waals surface area contributed by atoms with Gasteiger partial charge < -0.3 is 24.8 Å². The Morgan fingerprint density at radius 2 is 1.71 bits per heavy atom. The molecule has 0 radical (unpaired) electrons. The van der Waals surface area contributed by atoms with E-state index in [1.54, 1.807) is 60.7 Å². The number of methoxy groups -OCH3 is 2. The molecule has 3 aromatic carbocycles. The van der Waals surface area contributed by atoms with E-state index in [0.29, 0.717) is 28.1 Å². The minimum atomic E-state index is -0.915. The monoisotopic (exact) mass is 462 g/mol. The predicted molar refractivity (Wildman–Crippen MR) is 124 cm³/mol. The number of carbonyl (C=O) groups excluding carboxylic acids is 2. The number of amides is 2. The van der Waals surface area contributed by atoms with Crippen LogP contribution in [0.3, 0.4) is 0 Å². The number of nitrogens with one attached hydrogen (secondary N) is 2. The van der Waals surface area contributed by atoms with Gasteiger partial charge in [0, 0.05) is 11.1 Å². The van der Waals surface area contributed by atoms with Crippen molar-refractivity contribution in [3.05, 3.63) is 101 Å². The molecule has 0 aromatic heterocycles. The van der Waals surface area contributed by atoms with Crippen LogP contribution in [0.4, 0.5) is 9.18 Å². The first-order valence-corrected chi connectivity index (χ1v) is 10.5. The van der Waals surface area contributed by atoms with Crippen molar-refractivity contribution in [1.29, 1.82) is 0 Å². The maximum absolute atomic E-state index is 14.2. The Hall–Kier alpha value is -4.33. The SMILES string of the molecule is COC(=O)C1=C(c2ccccc2)NC(=O)NC1c1cccc(OC)c1OCc1ccccc1F. The molecule has 2 N–H and O–H groups in total. The van der Waals surface area contributed by atoms with Crippen LogP contribution in [-0.4, -0.2) is 26.2 Å². The standard InChI is InChI=1S/C26H23FN2O5/c1-32-20-14-8-12-18(24(20)34-15-17-11-6-7-13-19(17)27)23-21(25(30)33-2)22(28-26(31)29-23)16-9-4-3-5-10-16/h3-14,23H,15H2,1-2H3,(H2,28,29,31). The molecule has 1 aliphatic rings. The molecule has 174 valence electrons.